The van der Waals surface area contributed by atoms with Crippen LogP contribution < -0.4 is 14.8 Å². The van der Waals surface area contributed by atoms with E-state index >= 15 is 0 Å². The Hall–Kier alpha value is -2.87. The van der Waals surface area contributed by atoms with Crippen LogP contribution in [0.2, 0.25) is 0 Å². The van der Waals surface area contributed by atoms with Crippen LogP contribution in [0, 0.1) is 5.92 Å². The lowest BCUT2D eigenvalue weighted by molar-refractivity contribution is 0.102. The van der Waals surface area contributed by atoms with E-state index in [2.05, 4.69) is 27.4 Å². The fraction of sp³-hybridized carbons (Fsp3) is 0.350. The third-order valence-electron chi connectivity index (χ3n) is 5.02. The highest BCUT2D eigenvalue weighted by atomic mass is 32.1. The van der Waals surface area contributed by atoms with E-state index < -0.39 is 0 Å². The first-order valence-corrected chi connectivity index (χ1v) is 10.0. The molecule has 2 N–H and O–H groups in total. The van der Waals surface area contributed by atoms with Crippen molar-refractivity contribution in [2.45, 2.75) is 26.2 Å². The lowest BCUT2D eigenvalue weighted by Gasteiger charge is -2.18. The smallest absolute Gasteiger partial charge is 0.259 e. The van der Waals surface area contributed by atoms with Gasteiger partial charge in [-0.2, -0.15) is 4.98 Å². The molecule has 146 valence electrons. The molecule has 1 aromatic carbocycles. The van der Waals surface area contributed by atoms with Gasteiger partial charge in [-0.3, -0.25) is 15.2 Å². The van der Waals surface area contributed by atoms with Crippen molar-refractivity contribution in [3.63, 3.8) is 0 Å². The molecule has 28 heavy (non-hydrogen) atoms. The van der Waals surface area contributed by atoms with Gasteiger partial charge in [-0.25, -0.2) is 0 Å². The molecule has 1 aliphatic rings. The van der Waals surface area contributed by atoms with Crippen molar-refractivity contribution in [2.24, 2.45) is 5.92 Å². The van der Waals surface area contributed by atoms with E-state index in [-0.39, 0.29) is 11.9 Å². The van der Waals surface area contributed by atoms with Gasteiger partial charge in [-0.1, -0.05) is 6.92 Å². The molecule has 1 aliphatic carbocycles. The van der Waals surface area contributed by atoms with Crippen molar-refractivity contribution in [3.05, 3.63) is 39.6 Å². The zero-order chi connectivity index (χ0) is 19.7. The summed E-state index contributed by atoms with van der Waals surface area (Å²) in [5.41, 5.74) is 2.65. The van der Waals surface area contributed by atoms with Crippen molar-refractivity contribution in [3.8, 4) is 22.9 Å². The zero-order valence-electron chi connectivity index (χ0n) is 16.0. The van der Waals surface area contributed by atoms with Crippen molar-refractivity contribution < 1.29 is 14.3 Å². The van der Waals surface area contributed by atoms with Crippen LogP contribution in [0.5, 0.6) is 11.5 Å². The summed E-state index contributed by atoms with van der Waals surface area (Å²) in [6, 6.07) is 5.42. The van der Waals surface area contributed by atoms with Gasteiger partial charge in [-0.15, -0.1) is 16.4 Å². The number of aromatic nitrogens is 3. The fourth-order valence-corrected chi connectivity index (χ4v) is 4.71. The van der Waals surface area contributed by atoms with Gasteiger partial charge in [0.2, 0.25) is 5.95 Å². The first kappa shape index (κ1) is 18.5. The van der Waals surface area contributed by atoms with Gasteiger partial charge in [0.15, 0.2) is 5.82 Å². The first-order chi connectivity index (χ1) is 13.6. The largest absolute Gasteiger partial charge is 0.497 e. The Kier molecular flexibility index (Phi) is 5.04. The van der Waals surface area contributed by atoms with Crippen LogP contribution in [0.15, 0.2) is 23.6 Å². The van der Waals surface area contributed by atoms with Crippen molar-refractivity contribution >= 4 is 23.2 Å². The minimum Gasteiger partial charge on any atom is -0.497 e. The van der Waals surface area contributed by atoms with Crippen LogP contribution in [0.25, 0.3) is 11.4 Å². The Morgan fingerprint density at radius 3 is 2.96 bits per heavy atom. The van der Waals surface area contributed by atoms with Crippen LogP contribution in [-0.2, 0) is 12.8 Å². The van der Waals surface area contributed by atoms with E-state index in [1.807, 2.05) is 17.5 Å². The maximum absolute atomic E-state index is 12.7. The monoisotopic (exact) mass is 398 g/mol. The molecular formula is C20H22N4O3S. The maximum atomic E-state index is 12.7. The summed E-state index contributed by atoms with van der Waals surface area (Å²) >= 11 is 1.67. The highest BCUT2D eigenvalue weighted by molar-refractivity contribution is 7.10. The Labute approximate surface area is 167 Å². The van der Waals surface area contributed by atoms with Gasteiger partial charge in [0.1, 0.15) is 11.5 Å². The number of carbonyl (C=O) groups is 1. The molecule has 0 saturated heterocycles. The molecule has 3 aromatic rings. The van der Waals surface area contributed by atoms with Gasteiger partial charge in [0, 0.05) is 16.3 Å². The lowest BCUT2D eigenvalue weighted by Crippen LogP contribution is -2.17. The second-order valence-electron chi connectivity index (χ2n) is 6.93. The number of carbonyl (C=O) groups excluding carboxylic acids is 1. The minimum absolute atomic E-state index is 0.167. The molecule has 4 rings (SSSR count). The van der Waals surface area contributed by atoms with Crippen LogP contribution in [0.4, 0.5) is 5.95 Å². The number of thiophene rings is 1. The molecule has 0 radical (unpaired) electrons. The van der Waals surface area contributed by atoms with Gasteiger partial charge < -0.3 is 9.47 Å². The summed E-state index contributed by atoms with van der Waals surface area (Å²) in [6.45, 7) is 2.25. The van der Waals surface area contributed by atoms with Crippen molar-refractivity contribution in [1.82, 2.24) is 15.2 Å². The molecule has 8 heteroatoms. The Balaban J connectivity index is 1.54. The number of benzene rings is 1. The molecule has 7 nitrogen and oxygen atoms in total. The number of amides is 1. The Morgan fingerprint density at radius 1 is 1.32 bits per heavy atom. The molecule has 1 atom stereocenters. The van der Waals surface area contributed by atoms with Gasteiger partial charge in [0.05, 0.1) is 25.3 Å². The van der Waals surface area contributed by atoms with Crippen molar-refractivity contribution in [1.29, 1.82) is 0 Å². The Morgan fingerprint density at radius 2 is 2.18 bits per heavy atom. The van der Waals surface area contributed by atoms with E-state index in [1.54, 1.807) is 31.6 Å². The van der Waals surface area contributed by atoms with E-state index in [1.165, 1.54) is 10.4 Å². The zero-order valence-corrected chi connectivity index (χ0v) is 16.9. The number of H-pyrrole nitrogens is 1. The van der Waals surface area contributed by atoms with Gasteiger partial charge in [-0.05, 0) is 42.9 Å². The minimum atomic E-state index is -0.167. The fourth-order valence-electron chi connectivity index (χ4n) is 3.47. The summed E-state index contributed by atoms with van der Waals surface area (Å²) < 4.78 is 10.6. The van der Waals surface area contributed by atoms with E-state index in [0.717, 1.165) is 30.4 Å². The maximum Gasteiger partial charge on any atom is 0.259 e. The molecule has 2 heterocycles. The average Bonchev–Trinajstić information content (AvgIpc) is 3.33. The molecule has 0 spiro atoms. The number of hydrogen-bond acceptors (Lipinski definition) is 6. The number of anilines is 1. The number of ether oxygens (including phenoxy) is 2. The number of fused-ring (bicyclic) bond motifs is 1. The third-order valence-corrected chi connectivity index (χ3v) is 6.07. The summed E-state index contributed by atoms with van der Waals surface area (Å²) in [4.78, 5) is 18.5. The van der Waals surface area contributed by atoms with E-state index in [9.17, 15) is 4.79 Å². The van der Waals surface area contributed by atoms with E-state index in [4.69, 9.17) is 9.47 Å². The van der Waals surface area contributed by atoms with E-state index in [0.29, 0.717) is 23.2 Å². The van der Waals surface area contributed by atoms with Crippen LogP contribution >= 0.6 is 11.3 Å². The quantitative estimate of drug-likeness (QED) is 0.680. The van der Waals surface area contributed by atoms with Crippen LogP contribution in [0.1, 0.15) is 34.1 Å². The molecule has 2 aromatic heterocycles. The van der Waals surface area contributed by atoms with Crippen LogP contribution in [0.3, 0.4) is 0 Å². The molecule has 0 saturated carbocycles. The number of hydrogen-bond donors (Lipinski definition) is 2. The molecule has 0 bridgehead atoms. The number of nitrogens with zero attached hydrogens (tertiary/aromatic N) is 2. The standard InChI is InChI=1S/C20H22N4O3S/c1-11-4-6-13-15(10-28-17(13)8-11)19(25)22-20-21-18(23-24-20)14-7-5-12(26-2)9-16(14)27-3/h5,7,9-11H,4,6,8H2,1-3H3,(H2,21,22,23,24,25). The average molecular weight is 398 g/mol. The lowest BCUT2D eigenvalue weighted by atomic mass is 9.88. The number of rotatable bonds is 5. The Bertz CT molecular complexity index is 1010. The predicted octanol–water partition coefficient (Wildman–Crippen LogP) is 3.93. The second-order valence-corrected chi connectivity index (χ2v) is 7.89. The molecular weight excluding hydrogens is 376 g/mol. The summed E-state index contributed by atoms with van der Waals surface area (Å²) in [7, 11) is 3.18. The third kappa shape index (κ3) is 3.47. The molecule has 0 aliphatic heterocycles. The number of nitrogens with one attached hydrogen (secondary N) is 2. The first-order valence-electron chi connectivity index (χ1n) is 9.14. The highest BCUT2D eigenvalue weighted by Gasteiger charge is 2.24. The summed E-state index contributed by atoms with van der Waals surface area (Å²) in [6.07, 6.45) is 3.12. The molecule has 1 unspecified atom stereocenters. The highest BCUT2D eigenvalue weighted by Crippen LogP contribution is 2.34. The van der Waals surface area contributed by atoms with Crippen molar-refractivity contribution in [2.75, 3.05) is 19.5 Å². The number of aromatic amines is 1. The summed E-state index contributed by atoms with van der Waals surface area (Å²) in [5, 5.41) is 11.7. The predicted molar refractivity (Wildman–Crippen MR) is 108 cm³/mol. The van der Waals surface area contributed by atoms with Gasteiger partial charge in [0.25, 0.3) is 5.91 Å². The molecule has 1 amide bonds. The van der Waals surface area contributed by atoms with Gasteiger partial charge >= 0.3 is 0 Å². The molecule has 0 fully saturated rings. The van der Waals surface area contributed by atoms with Crippen LogP contribution in [-0.4, -0.2) is 35.3 Å². The summed E-state index contributed by atoms with van der Waals surface area (Å²) in [5.74, 6) is 2.55. The normalized spacial score (nSPS) is 15.8. The SMILES string of the molecule is COc1ccc(-c2nc(NC(=O)c3csc4c3CCC(C)C4)n[nH]2)c(OC)c1. The topological polar surface area (TPSA) is 89.1 Å². The second kappa shape index (κ2) is 7.63. The number of methoxy groups -OCH3 is 2.